The molecule has 1 aliphatic rings. The average molecular weight is 326 g/mol. The molecular weight excluding hydrogens is 304 g/mol. The van der Waals surface area contributed by atoms with Gasteiger partial charge in [-0.15, -0.1) is 0 Å². The van der Waals surface area contributed by atoms with E-state index in [2.05, 4.69) is 11.7 Å². The number of aryl methyl sites for hydroxylation is 1. The number of rotatable bonds is 4. The zero-order chi connectivity index (χ0) is 16.2. The molecule has 0 aromatic heterocycles. The summed E-state index contributed by atoms with van der Waals surface area (Å²) in [5.74, 6) is 0. The molecule has 6 nitrogen and oxygen atoms in total. The first-order valence-corrected chi connectivity index (χ1v) is 8.85. The molecule has 1 aliphatic heterocycles. The zero-order valence-corrected chi connectivity index (χ0v) is 13.8. The highest BCUT2D eigenvalue weighted by Gasteiger charge is 2.30. The number of hydrogen-bond donors (Lipinski definition) is 0. The molecule has 0 radical (unpaired) electrons. The van der Waals surface area contributed by atoms with Crippen LogP contribution in [0.1, 0.15) is 18.9 Å². The summed E-state index contributed by atoms with van der Waals surface area (Å²) in [5, 5.41) is 0. The number of hydrogen-bond acceptors (Lipinski definition) is 4. The lowest BCUT2D eigenvalue weighted by Crippen LogP contribution is -2.50. The number of carbonyl (C=O) groups is 1. The molecule has 2 rings (SSSR count). The summed E-state index contributed by atoms with van der Waals surface area (Å²) in [5.41, 5.74) is 1.14. The number of ether oxygens (including phenoxy) is 1. The lowest BCUT2D eigenvalue weighted by atomic mass is 10.1. The molecule has 1 heterocycles. The molecular formula is C15H22N2O4S. The van der Waals surface area contributed by atoms with Gasteiger partial charge in [0.2, 0.25) is 10.0 Å². The summed E-state index contributed by atoms with van der Waals surface area (Å²) in [6.45, 7) is 3.35. The van der Waals surface area contributed by atoms with Crippen molar-refractivity contribution < 1.29 is 17.9 Å². The van der Waals surface area contributed by atoms with Gasteiger partial charge in [0.1, 0.15) is 0 Å². The van der Waals surface area contributed by atoms with Crippen LogP contribution in [0.15, 0.2) is 29.2 Å². The largest absolute Gasteiger partial charge is 0.453 e. The maximum Gasteiger partial charge on any atom is 0.409 e. The fourth-order valence-electron chi connectivity index (χ4n) is 2.51. The van der Waals surface area contributed by atoms with Crippen molar-refractivity contribution in [2.24, 2.45) is 0 Å². The van der Waals surface area contributed by atoms with Crippen LogP contribution in [0.5, 0.6) is 0 Å². The second kappa shape index (κ2) is 7.11. The predicted molar refractivity (Wildman–Crippen MR) is 83.2 cm³/mol. The minimum absolute atomic E-state index is 0.286. The number of piperazine rings is 1. The number of sulfonamides is 1. The fraction of sp³-hybridized carbons (Fsp3) is 0.533. The maximum atomic E-state index is 12.6. The summed E-state index contributed by atoms with van der Waals surface area (Å²) in [4.78, 5) is 13.2. The lowest BCUT2D eigenvalue weighted by molar-refractivity contribution is 0.108. The van der Waals surface area contributed by atoms with Crippen molar-refractivity contribution in [3.63, 3.8) is 0 Å². The Labute approximate surface area is 131 Å². The molecule has 7 heteroatoms. The van der Waals surface area contributed by atoms with Crippen LogP contribution in [-0.4, -0.2) is 57.0 Å². The summed E-state index contributed by atoms with van der Waals surface area (Å²) in [6, 6.07) is 7.04. The monoisotopic (exact) mass is 326 g/mol. The van der Waals surface area contributed by atoms with Gasteiger partial charge in [-0.2, -0.15) is 4.31 Å². The van der Waals surface area contributed by atoms with Crippen LogP contribution < -0.4 is 0 Å². The van der Waals surface area contributed by atoms with Gasteiger partial charge in [0.05, 0.1) is 12.0 Å². The van der Waals surface area contributed by atoms with Gasteiger partial charge < -0.3 is 9.64 Å². The lowest BCUT2D eigenvalue weighted by Gasteiger charge is -2.33. The van der Waals surface area contributed by atoms with Gasteiger partial charge in [0.15, 0.2) is 0 Å². The Morgan fingerprint density at radius 2 is 1.73 bits per heavy atom. The number of amides is 1. The molecule has 0 N–H and O–H groups in total. The Kier molecular flexibility index (Phi) is 5.42. The minimum atomic E-state index is -3.50. The molecule has 0 saturated carbocycles. The maximum absolute atomic E-state index is 12.6. The first kappa shape index (κ1) is 16.8. The molecule has 22 heavy (non-hydrogen) atoms. The highest BCUT2D eigenvalue weighted by Crippen LogP contribution is 2.19. The number of benzene rings is 1. The van der Waals surface area contributed by atoms with Crippen molar-refractivity contribution in [1.82, 2.24) is 9.21 Å². The van der Waals surface area contributed by atoms with Gasteiger partial charge in [-0.3, -0.25) is 0 Å². The summed E-state index contributed by atoms with van der Waals surface area (Å²) in [7, 11) is -2.17. The van der Waals surface area contributed by atoms with Gasteiger partial charge in [0, 0.05) is 26.2 Å². The van der Waals surface area contributed by atoms with Crippen LogP contribution in [0.25, 0.3) is 0 Å². The highest BCUT2D eigenvalue weighted by atomic mass is 32.2. The molecule has 1 fully saturated rings. The van der Waals surface area contributed by atoms with Crippen LogP contribution >= 0.6 is 0 Å². The quantitative estimate of drug-likeness (QED) is 0.845. The van der Waals surface area contributed by atoms with Crippen LogP contribution in [-0.2, 0) is 21.2 Å². The highest BCUT2D eigenvalue weighted by molar-refractivity contribution is 7.89. The number of methoxy groups -OCH3 is 1. The van der Waals surface area contributed by atoms with Gasteiger partial charge in [0.25, 0.3) is 0 Å². The molecule has 0 bridgehead atoms. The van der Waals surface area contributed by atoms with E-state index in [0.717, 1.165) is 18.4 Å². The SMILES string of the molecule is CCCc1ccc(S(=O)(=O)N2CCN(C(=O)OC)CC2)cc1. The summed E-state index contributed by atoms with van der Waals surface area (Å²) in [6.07, 6.45) is 1.56. The van der Waals surface area contributed by atoms with Crippen molar-refractivity contribution in [1.29, 1.82) is 0 Å². The van der Waals surface area contributed by atoms with E-state index >= 15 is 0 Å². The standard InChI is InChI=1S/C15H22N2O4S/c1-3-4-13-5-7-14(8-6-13)22(19,20)17-11-9-16(10-12-17)15(18)21-2/h5-8H,3-4,9-12H2,1-2H3. The number of carbonyl (C=O) groups excluding carboxylic acids is 1. The molecule has 1 saturated heterocycles. The average Bonchev–Trinajstić information content (AvgIpc) is 2.55. The molecule has 1 aromatic rings. The third-order valence-electron chi connectivity index (χ3n) is 3.77. The fourth-order valence-corrected chi connectivity index (χ4v) is 3.93. The normalized spacial score (nSPS) is 16.5. The number of nitrogens with zero attached hydrogens (tertiary/aromatic N) is 2. The molecule has 0 atom stereocenters. The smallest absolute Gasteiger partial charge is 0.409 e. The Bertz CT molecular complexity index is 605. The van der Waals surface area contributed by atoms with E-state index in [1.165, 1.54) is 16.3 Å². The van der Waals surface area contributed by atoms with E-state index in [-0.39, 0.29) is 13.1 Å². The van der Waals surface area contributed by atoms with Crippen LogP contribution in [0, 0.1) is 0 Å². The molecule has 0 aliphatic carbocycles. The van der Waals surface area contributed by atoms with Crippen LogP contribution in [0.3, 0.4) is 0 Å². The van der Waals surface area contributed by atoms with E-state index in [0.29, 0.717) is 18.0 Å². The van der Waals surface area contributed by atoms with E-state index in [4.69, 9.17) is 0 Å². The van der Waals surface area contributed by atoms with E-state index < -0.39 is 16.1 Å². The van der Waals surface area contributed by atoms with Gasteiger partial charge >= 0.3 is 6.09 Å². The topological polar surface area (TPSA) is 66.9 Å². The second-order valence-electron chi connectivity index (χ2n) is 5.26. The molecule has 1 aromatic carbocycles. The van der Waals surface area contributed by atoms with Gasteiger partial charge in [-0.05, 0) is 24.1 Å². The predicted octanol–water partition coefficient (Wildman–Crippen LogP) is 1.71. The van der Waals surface area contributed by atoms with Crippen molar-refractivity contribution in [2.75, 3.05) is 33.3 Å². The van der Waals surface area contributed by atoms with Crippen molar-refractivity contribution >= 4 is 16.1 Å². The van der Waals surface area contributed by atoms with Crippen molar-refractivity contribution in [2.45, 2.75) is 24.7 Å². The molecule has 122 valence electrons. The minimum Gasteiger partial charge on any atom is -0.453 e. The summed E-state index contributed by atoms with van der Waals surface area (Å²) >= 11 is 0. The zero-order valence-electron chi connectivity index (χ0n) is 13.0. The first-order chi connectivity index (χ1) is 10.5. The van der Waals surface area contributed by atoms with Crippen molar-refractivity contribution in [3.8, 4) is 0 Å². The van der Waals surface area contributed by atoms with Gasteiger partial charge in [-0.25, -0.2) is 13.2 Å². The third-order valence-corrected chi connectivity index (χ3v) is 5.68. The van der Waals surface area contributed by atoms with E-state index in [1.54, 1.807) is 12.1 Å². The van der Waals surface area contributed by atoms with Crippen LogP contribution in [0.4, 0.5) is 4.79 Å². The molecule has 0 unspecified atom stereocenters. The van der Waals surface area contributed by atoms with E-state index in [1.807, 2.05) is 12.1 Å². The van der Waals surface area contributed by atoms with Crippen LogP contribution in [0.2, 0.25) is 0 Å². The molecule has 0 spiro atoms. The Morgan fingerprint density at radius 1 is 1.14 bits per heavy atom. The van der Waals surface area contributed by atoms with E-state index in [9.17, 15) is 13.2 Å². The molecule has 1 amide bonds. The Balaban J connectivity index is 2.06. The van der Waals surface area contributed by atoms with Gasteiger partial charge in [-0.1, -0.05) is 25.5 Å². The Morgan fingerprint density at radius 3 is 2.23 bits per heavy atom. The Hall–Kier alpha value is -1.60. The second-order valence-corrected chi connectivity index (χ2v) is 7.19. The van der Waals surface area contributed by atoms with Crippen molar-refractivity contribution in [3.05, 3.63) is 29.8 Å². The third kappa shape index (κ3) is 3.59. The first-order valence-electron chi connectivity index (χ1n) is 7.41. The summed E-state index contributed by atoms with van der Waals surface area (Å²) < 4.78 is 31.3.